The summed E-state index contributed by atoms with van der Waals surface area (Å²) in [5, 5.41) is 13.9. The number of aromatic nitrogens is 2. The van der Waals surface area contributed by atoms with Crippen molar-refractivity contribution in [3.05, 3.63) is 52.2 Å². The fourth-order valence-electron chi connectivity index (χ4n) is 4.64. The predicted molar refractivity (Wildman–Crippen MR) is 131 cm³/mol. The number of benzene rings is 1. The molecule has 0 unspecified atom stereocenters. The van der Waals surface area contributed by atoms with Crippen molar-refractivity contribution in [3.8, 4) is 0 Å². The molecule has 2 aromatic heterocycles. The zero-order valence-electron chi connectivity index (χ0n) is 17.6. The summed E-state index contributed by atoms with van der Waals surface area (Å²) in [4.78, 5) is 29.1. The first-order chi connectivity index (χ1) is 15.7. The zero-order chi connectivity index (χ0) is 22.0. The molecule has 0 spiro atoms. The highest BCUT2D eigenvalue weighted by Gasteiger charge is 2.43. The maximum atomic E-state index is 13.2. The molecule has 1 aliphatic heterocycles. The van der Waals surface area contributed by atoms with Crippen LogP contribution in [0.15, 0.2) is 46.1 Å². The molecule has 0 atom stereocenters. The lowest BCUT2D eigenvalue weighted by Crippen LogP contribution is -2.37. The van der Waals surface area contributed by atoms with E-state index in [0.717, 1.165) is 55.6 Å². The summed E-state index contributed by atoms with van der Waals surface area (Å²) in [7, 11) is 0. The van der Waals surface area contributed by atoms with Crippen molar-refractivity contribution in [2.24, 2.45) is 0 Å². The topological polar surface area (TPSA) is 75.2 Å². The number of aryl methyl sites for hydroxylation is 1. The first-order valence-corrected chi connectivity index (χ1v) is 13.5. The maximum absolute atomic E-state index is 13.2. The number of carbonyl (C=O) groups is 2. The standard InChI is InChI=1S/C23H24N4O2S3/c28-19(27-13-5-8-16-7-1-2-9-17(16)27)15-31-22-26-25-21(32-22)24-20(29)23(11-3-4-12-23)18-10-6-14-30-18/h1-2,6-7,9-10,14H,3-5,8,11-13,15H2,(H,24,25,29). The highest BCUT2D eigenvalue weighted by Crippen LogP contribution is 2.44. The Bertz CT molecular complexity index is 1110. The van der Waals surface area contributed by atoms with E-state index in [-0.39, 0.29) is 11.8 Å². The van der Waals surface area contributed by atoms with Gasteiger partial charge in [-0.2, -0.15) is 0 Å². The van der Waals surface area contributed by atoms with Gasteiger partial charge in [-0.15, -0.1) is 21.5 Å². The lowest BCUT2D eigenvalue weighted by Gasteiger charge is -2.29. The average molecular weight is 485 g/mol. The van der Waals surface area contributed by atoms with Gasteiger partial charge < -0.3 is 4.90 Å². The van der Waals surface area contributed by atoms with Crippen LogP contribution in [0.2, 0.25) is 0 Å². The average Bonchev–Trinajstić information content (AvgIpc) is 3.59. The summed E-state index contributed by atoms with van der Waals surface area (Å²) in [6.07, 6.45) is 5.85. The largest absolute Gasteiger partial charge is 0.311 e. The van der Waals surface area contributed by atoms with E-state index in [4.69, 9.17) is 0 Å². The van der Waals surface area contributed by atoms with Crippen molar-refractivity contribution >= 4 is 57.1 Å². The molecule has 9 heteroatoms. The summed E-state index contributed by atoms with van der Waals surface area (Å²) in [6.45, 7) is 0.749. The van der Waals surface area contributed by atoms with Crippen LogP contribution in [0.3, 0.4) is 0 Å². The predicted octanol–water partition coefficient (Wildman–Crippen LogP) is 5.12. The van der Waals surface area contributed by atoms with Gasteiger partial charge in [0.25, 0.3) is 0 Å². The third kappa shape index (κ3) is 4.21. The molecule has 1 aliphatic carbocycles. The van der Waals surface area contributed by atoms with Crippen LogP contribution in [0.25, 0.3) is 0 Å². The van der Waals surface area contributed by atoms with Gasteiger partial charge in [0.2, 0.25) is 16.9 Å². The van der Waals surface area contributed by atoms with Gasteiger partial charge in [0, 0.05) is 17.1 Å². The second-order valence-electron chi connectivity index (χ2n) is 8.16. The van der Waals surface area contributed by atoms with Gasteiger partial charge in [-0.3, -0.25) is 14.9 Å². The van der Waals surface area contributed by atoms with Crippen LogP contribution >= 0.6 is 34.4 Å². The minimum Gasteiger partial charge on any atom is -0.311 e. The second kappa shape index (κ2) is 9.33. The zero-order valence-corrected chi connectivity index (χ0v) is 20.0. The number of rotatable bonds is 6. The fraction of sp³-hybridized carbons (Fsp3) is 0.391. The number of hydrogen-bond donors (Lipinski definition) is 1. The molecule has 2 amide bonds. The van der Waals surface area contributed by atoms with Crippen LogP contribution in [0.4, 0.5) is 10.8 Å². The Hall–Kier alpha value is -2.23. The molecule has 6 nitrogen and oxygen atoms in total. The molecule has 32 heavy (non-hydrogen) atoms. The Morgan fingerprint density at radius 2 is 1.94 bits per heavy atom. The molecule has 1 saturated carbocycles. The van der Waals surface area contributed by atoms with Gasteiger partial charge in [-0.1, -0.05) is 60.2 Å². The van der Waals surface area contributed by atoms with Crippen molar-refractivity contribution in [2.45, 2.75) is 48.3 Å². The molecule has 0 saturated heterocycles. The van der Waals surface area contributed by atoms with E-state index in [1.54, 1.807) is 11.3 Å². The number of carbonyl (C=O) groups excluding carboxylic acids is 2. The van der Waals surface area contributed by atoms with E-state index in [9.17, 15) is 9.59 Å². The maximum Gasteiger partial charge on any atom is 0.237 e. The molecule has 3 aromatic rings. The van der Waals surface area contributed by atoms with Crippen molar-refractivity contribution in [2.75, 3.05) is 22.5 Å². The SMILES string of the molecule is O=C(CSc1nnc(NC(=O)C2(c3cccs3)CCCC2)s1)N1CCCc2ccccc21. The summed E-state index contributed by atoms with van der Waals surface area (Å²) >= 11 is 4.35. The summed E-state index contributed by atoms with van der Waals surface area (Å²) in [5.74, 6) is 0.382. The molecular formula is C23H24N4O2S3. The van der Waals surface area contributed by atoms with Crippen molar-refractivity contribution in [3.63, 3.8) is 0 Å². The van der Waals surface area contributed by atoms with Crippen LogP contribution in [0.5, 0.6) is 0 Å². The lowest BCUT2D eigenvalue weighted by molar-refractivity contribution is -0.121. The Labute approximate surface area is 199 Å². The van der Waals surface area contributed by atoms with Crippen molar-refractivity contribution in [1.82, 2.24) is 10.2 Å². The molecule has 1 fully saturated rings. The van der Waals surface area contributed by atoms with Crippen molar-refractivity contribution in [1.29, 1.82) is 0 Å². The van der Waals surface area contributed by atoms with Crippen LogP contribution in [0, 0.1) is 0 Å². The number of anilines is 2. The lowest BCUT2D eigenvalue weighted by atomic mass is 9.83. The minimum atomic E-state index is -0.454. The number of hydrogen-bond acceptors (Lipinski definition) is 7. The highest BCUT2D eigenvalue weighted by molar-refractivity contribution is 8.01. The number of fused-ring (bicyclic) bond motifs is 1. The number of thioether (sulfide) groups is 1. The van der Waals surface area contributed by atoms with Gasteiger partial charge in [0.1, 0.15) is 0 Å². The quantitative estimate of drug-likeness (QED) is 0.388. The van der Waals surface area contributed by atoms with E-state index in [0.29, 0.717) is 15.2 Å². The van der Waals surface area contributed by atoms with Crippen LogP contribution < -0.4 is 10.2 Å². The first kappa shape index (κ1) is 21.6. The van der Waals surface area contributed by atoms with E-state index < -0.39 is 5.41 Å². The molecular weight excluding hydrogens is 460 g/mol. The molecule has 0 bridgehead atoms. The van der Waals surface area contributed by atoms with Crippen LogP contribution in [0.1, 0.15) is 42.5 Å². The Morgan fingerprint density at radius 3 is 2.75 bits per heavy atom. The molecule has 2 aliphatic rings. The molecule has 166 valence electrons. The molecule has 1 N–H and O–H groups in total. The molecule has 1 aromatic carbocycles. The number of thiophene rings is 1. The van der Waals surface area contributed by atoms with E-state index >= 15 is 0 Å². The van der Waals surface area contributed by atoms with Crippen LogP contribution in [-0.4, -0.2) is 34.3 Å². The molecule has 0 radical (unpaired) electrons. The molecule has 3 heterocycles. The van der Waals surface area contributed by atoms with Gasteiger partial charge >= 0.3 is 0 Å². The third-order valence-electron chi connectivity index (χ3n) is 6.24. The number of nitrogens with one attached hydrogen (secondary N) is 1. The van der Waals surface area contributed by atoms with E-state index in [2.05, 4.69) is 27.6 Å². The Kier molecular flexibility index (Phi) is 6.30. The van der Waals surface area contributed by atoms with Crippen LogP contribution in [-0.2, 0) is 21.4 Å². The minimum absolute atomic E-state index is 0.00569. The summed E-state index contributed by atoms with van der Waals surface area (Å²) in [6, 6.07) is 12.2. The first-order valence-electron chi connectivity index (χ1n) is 10.9. The number of nitrogens with zero attached hydrogens (tertiary/aromatic N) is 3. The summed E-state index contributed by atoms with van der Waals surface area (Å²) < 4.78 is 0.690. The van der Waals surface area contributed by atoms with Gasteiger partial charge in [0.15, 0.2) is 4.34 Å². The Balaban J connectivity index is 1.21. The number of para-hydroxylation sites is 1. The van der Waals surface area contributed by atoms with Gasteiger partial charge in [0.05, 0.1) is 11.2 Å². The van der Waals surface area contributed by atoms with Gasteiger partial charge in [-0.25, -0.2) is 0 Å². The smallest absolute Gasteiger partial charge is 0.237 e. The Morgan fingerprint density at radius 1 is 1.09 bits per heavy atom. The van der Waals surface area contributed by atoms with Gasteiger partial charge in [-0.05, 0) is 48.8 Å². The van der Waals surface area contributed by atoms with E-state index in [1.165, 1.54) is 28.7 Å². The number of amides is 2. The summed E-state index contributed by atoms with van der Waals surface area (Å²) in [5.41, 5.74) is 1.79. The fourth-order valence-corrected chi connectivity index (χ4v) is 7.25. The van der Waals surface area contributed by atoms with Crippen molar-refractivity contribution < 1.29 is 9.59 Å². The highest BCUT2D eigenvalue weighted by atomic mass is 32.2. The monoisotopic (exact) mass is 484 g/mol. The second-order valence-corrected chi connectivity index (χ2v) is 11.3. The normalized spacial score (nSPS) is 17.2. The molecule has 5 rings (SSSR count). The van der Waals surface area contributed by atoms with E-state index in [1.807, 2.05) is 34.5 Å². The third-order valence-corrected chi connectivity index (χ3v) is 9.27.